The predicted molar refractivity (Wildman–Crippen MR) is 92.6 cm³/mol. The number of ether oxygens (including phenoxy) is 1. The van der Waals surface area contributed by atoms with E-state index in [9.17, 15) is 13.6 Å². The van der Waals surface area contributed by atoms with E-state index in [1.807, 2.05) is 0 Å². The van der Waals surface area contributed by atoms with Gasteiger partial charge >= 0.3 is 0 Å². The van der Waals surface area contributed by atoms with Crippen molar-refractivity contribution in [2.45, 2.75) is 0 Å². The largest absolute Gasteiger partial charge is 0.497 e. The van der Waals surface area contributed by atoms with Crippen LogP contribution in [0.1, 0.15) is 10.5 Å². The van der Waals surface area contributed by atoms with E-state index in [0.717, 1.165) is 17.8 Å². The Balaban J connectivity index is 1.74. The first-order valence-electron chi connectivity index (χ1n) is 7.54. The molecule has 0 bridgehead atoms. The lowest BCUT2D eigenvalue weighted by Crippen LogP contribution is -2.15. The summed E-state index contributed by atoms with van der Waals surface area (Å²) in [5, 5.41) is 5.37. The lowest BCUT2D eigenvalue weighted by Gasteiger charge is -2.09. The van der Waals surface area contributed by atoms with Crippen LogP contribution in [-0.2, 0) is 0 Å². The summed E-state index contributed by atoms with van der Waals surface area (Å²) in [7, 11) is 1.57. The molecule has 0 aliphatic rings. The van der Waals surface area contributed by atoms with Gasteiger partial charge in [-0.25, -0.2) is 18.7 Å². The lowest BCUT2D eigenvalue weighted by atomic mass is 10.2. The summed E-state index contributed by atoms with van der Waals surface area (Å²) in [6, 6.07) is 11.4. The van der Waals surface area contributed by atoms with Crippen molar-refractivity contribution in [3.05, 3.63) is 72.2 Å². The quantitative estimate of drug-likeness (QED) is 0.728. The molecule has 26 heavy (non-hydrogen) atoms. The zero-order valence-corrected chi connectivity index (χ0v) is 13.7. The predicted octanol–water partition coefficient (Wildman–Crippen LogP) is 3.76. The number of nitrogens with zero attached hydrogens (tertiary/aromatic N) is 2. The van der Waals surface area contributed by atoms with Gasteiger partial charge in [0.15, 0.2) is 0 Å². The number of hydrogen-bond acceptors (Lipinski definition) is 5. The maximum atomic E-state index is 13.6. The molecule has 0 unspecified atom stereocenters. The van der Waals surface area contributed by atoms with Crippen molar-refractivity contribution in [3.63, 3.8) is 0 Å². The summed E-state index contributed by atoms with van der Waals surface area (Å²) in [6.45, 7) is 0. The van der Waals surface area contributed by atoms with Crippen LogP contribution in [0.25, 0.3) is 0 Å². The van der Waals surface area contributed by atoms with Crippen molar-refractivity contribution >= 4 is 23.1 Å². The van der Waals surface area contributed by atoms with Gasteiger partial charge in [-0.3, -0.25) is 4.79 Å². The summed E-state index contributed by atoms with van der Waals surface area (Å²) < 4.78 is 31.7. The molecule has 6 nitrogen and oxygen atoms in total. The average Bonchev–Trinajstić information content (AvgIpc) is 2.65. The second-order valence-electron chi connectivity index (χ2n) is 5.22. The number of methoxy groups -OCH3 is 1. The Bertz CT molecular complexity index is 933. The summed E-state index contributed by atoms with van der Waals surface area (Å²) in [6.07, 6.45) is 1.21. The zero-order valence-electron chi connectivity index (χ0n) is 13.7. The van der Waals surface area contributed by atoms with E-state index in [-0.39, 0.29) is 11.4 Å². The van der Waals surface area contributed by atoms with E-state index in [2.05, 4.69) is 20.6 Å². The molecule has 0 aliphatic heterocycles. The summed E-state index contributed by atoms with van der Waals surface area (Å²) in [5.41, 5.74) is 0.625. The first kappa shape index (κ1) is 17.3. The van der Waals surface area contributed by atoms with Gasteiger partial charge in [0, 0.05) is 17.8 Å². The van der Waals surface area contributed by atoms with Crippen LogP contribution in [0, 0.1) is 11.6 Å². The van der Waals surface area contributed by atoms with E-state index < -0.39 is 17.5 Å². The van der Waals surface area contributed by atoms with Gasteiger partial charge in [0.2, 0.25) is 0 Å². The molecule has 0 atom stereocenters. The number of amides is 1. The molecule has 2 N–H and O–H groups in total. The fraction of sp³-hybridized carbons (Fsp3) is 0.0556. The zero-order chi connectivity index (χ0) is 18.5. The van der Waals surface area contributed by atoms with E-state index in [4.69, 9.17) is 4.74 Å². The van der Waals surface area contributed by atoms with E-state index >= 15 is 0 Å². The summed E-state index contributed by atoms with van der Waals surface area (Å²) in [4.78, 5) is 20.1. The Kier molecular flexibility index (Phi) is 5.02. The Morgan fingerprint density at radius 3 is 2.50 bits per heavy atom. The molecule has 2 aromatic carbocycles. The van der Waals surface area contributed by atoms with Crippen molar-refractivity contribution in [1.82, 2.24) is 9.97 Å². The summed E-state index contributed by atoms with van der Waals surface area (Å²) >= 11 is 0. The Labute approximate surface area is 147 Å². The van der Waals surface area contributed by atoms with Crippen LogP contribution < -0.4 is 15.4 Å². The highest BCUT2D eigenvalue weighted by molar-refractivity contribution is 6.03. The van der Waals surface area contributed by atoms with Crippen LogP contribution >= 0.6 is 0 Å². The highest BCUT2D eigenvalue weighted by atomic mass is 19.1. The Morgan fingerprint density at radius 1 is 1.04 bits per heavy atom. The van der Waals surface area contributed by atoms with Crippen LogP contribution in [0.4, 0.5) is 26.0 Å². The molecular formula is C18H14F2N4O2. The maximum absolute atomic E-state index is 13.6. The molecule has 0 saturated heterocycles. The normalized spacial score (nSPS) is 10.3. The molecule has 0 fully saturated rings. The summed E-state index contributed by atoms with van der Waals surface area (Å²) in [5.74, 6) is -1.15. The van der Waals surface area contributed by atoms with Gasteiger partial charge < -0.3 is 15.4 Å². The van der Waals surface area contributed by atoms with Crippen LogP contribution in [-0.4, -0.2) is 23.0 Å². The Morgan fingerprint density at radius 2 is 1.81 bits per heavy atom. The third-order valence-corrected chi connectivity index (χ3v) is 3.44. The first-order chi connectivity index (χ1) is 12.5. The molecule has 0 spiro atoms. The van der Waals surface area contributed by atoms with Crippen LogP contribution in [0.15, 0.2) is 54.9 Å². The van der Waals surface area contributed by atoms with E-state index in [1.165, 1.54) is 12.4 Å². The molecule has 0 radical (unpaired) electrons. The molecule has 0 aliphatic carbocycles. The molecule has 3 rings (SSSR count). The minimum atomic E-state index is -0.871. The number of anilines is 3. The van der Waals surface area contributed by atoms with E-state index in [0.29, 0.717) is 17.6 Å². The van der Waals surface area contributed by atoms with Gasteiger partial charge in [0.25, 0.3) is 5.91 Å². The van der Waals surface area contributed by atoms with Crippen molar-refractivity contribution in [1.29, 1.82) is 0 Å². The smallest absolute Gasteiger partial charge is 0.274 e. The number of carbonyl (C=O) groups is 1. The maximum Gasteiger partial charge on any atom is 0.274 e. The fourth-order valence-corrected chi connectivity index (χ4v) is 2.15. The second kappa shape index (κ2) is 7.56. The van der Waals surface area contributed by atoms with Crippen molar-refractivity contribution in [2.24, 2.45) is 0 Å². The number of nitrogens with one attached hydrogen (secondary N) is 2. The fourth-order valence-electron chi connectivity index (χ4n) is 2.15. The number of hydrogen-bond donors (Lipinski definition) is 2. The highest BCUT2D eigenvalue weighted by Crippen LogP contribution is 2.20. The van der Waals surface area contributed by atoms with Gasteiger partial charge in [0.05, 0.1) is 12.8 Å². The standard InChI is InChI=1S/C18H14F2N4O2/c1-26-13-5-3-12(4-6-13)23-17-9-16(21-10-22-17)18(25)24-15-7-2-11(19)8-14(15)20/h2-10H,1H3,(H,24,25)(H,21,22,23). The number of halogens is 2. The molecule has 0 saturated carbocycles. The molecule has 1 heterocycles. The second-order valence-corrected chi connectivity index (χ2v) is 5.22. The van der Waals surface area contributed by atoms with Gasteiger partial charge in [-0.05, 0) is 36.4 Å². The molecule has 8 heteroatoms. The van der Waals surface area contributed by atoms with Gasteiger partial charge in [-0.15, -0.1) is 0 Å². The van der Waals surface area contributed by atoms with Crippen molar-refractivity contribution < 1.29 is 18.3 Å². The number of aromatic nitrogens is 2. The molecular weight excluding hydrogens is 342 g/mol. The highest BCUT2D eigenvalue weighted by Gasteiger charge is 2.12. The van der Waals surface area contributed by atoms with Crippen molar-refractivity contribution in [3.8, 4) is 5.75 Å². The lowest BCUT2D eigenvalue weighted by molar-refractivity contribution is 0.102. The minimum Gasteiger partial charge on any atom is -0.497 e. The van der Waals surface area contributed by atoms with Crippen LogP contribution in [0.5, 0.6) is 5.75 Å². The number of benzene rings is 2. The Hall–Kier alpha value is -3.55. The van der Waals surface area contributed by atoms with E-state index in [1.54, 1.807) is 31.4 Å². The number of carbonyl (C=O) groups excluding carboxylic acids is 1. The van der Waals surface area contributed by atoms with Gasteiger partial charge in [-0.1, -0.05) is 0 Å². The third-order valence-electron chi connectivity index (χ3n) is 3.44. The van der Waals surface area contributed by atoms with Crippen LogP contribution in [0.2, 0.25) is 0 Å². The first-order valence-corrected chi connectivity index (χ1v) is 7.54. The van der Waals surface area contributed by atoms with Crippen molar-refractivity contribution in [2.75, 3.05) is 17.7 Å². The molecule has 1 amide bonds. The average molecular weight is 356 g/mol. The molecule has 132 valence electrons. The SMILES string of the molecule is COc1ccc(Nc2cc(C(=O)Nc3ccc(F)cc3F)ncn2)cc1. The van der Waals surface area contributed by atoms with Gasteiger partial charge in [-0.2, -0.15) is 0 Å². The van der Waals surface area contributed by atoms with Crippen LogP contribution in [0.3, 0.4) is 0 Å². The third kappa shape index (κ3) is 4.10. The monoisotopic (exact) mass is 356 g/mol. The van der Waals surface area contributed by atoms with Gasteiger partial charge in [0.1, 0.15) is 35.2 Å². The minimum absolute atomic E-state index is 0.0275. The molecule has 1 aromatic heterocycles. The molecule has 3 aromatic rings. The topological polar surface area (TPSA) is 76.1 Å². The number of rotatable bonds is 5.